The van der Waals surface area contributed by atoms with Gasteiger partial charge in [-0.1, -0.05) is 35.5 Å². The molecule has 3 aromatic rings. The number of nitrogens with two attached hydrogens (primary N) is 1. The number of primary amides is 1. The number of hydrogen-bond acceptors (Lipinski definition) is 8. The van der Waals surface area contributed by atoms with E-state index in [1.807, 2.05) is 6.92 Å². The monoisotopic (exact) mass is 587 g/mol. The van der Waals surface area contributed by atoms with Crippen LogP contribution < -0.4 is 10.5 Å². The first-order chi connectivity index (χ1) is 19.2. The minimum absolute atomic E-state index is 0.0683. The average Bonchev–Trinajstić information content (AvgIpc) is 3.36. The maximum atomic E-state index is 15.5. The third kappa shape index (κ3) is 7.12. The van der Waals surface area contributed by atoms with Crippen LogP contribution in [0.3, 0.4) is 0 Å². The normalized spacial score (nSPS) is 21.1. The van der Waals surface area contributed by atoms with Gasteiger partial charge in [-0.3, -0.25) is 4.79 Å². The minimum Gasteiger partial charge on any atom is -0.419 e. The molecular formula is C28H31ClFN5O4S. The Balaban J connectivity index is 0.000000350. The van der Waals surface area contributed by atoms with Gasteiger partial charge in [0.2, 0.25) is 17.7 Å². The zero-order valence-corrected chi connectivity index (χ0v) is 23.9. The highest BCUT2D eigenvalue weighted by molar-refractivity contribution is 7.99. The van der Waals surface area contributed by atoms with Gasteiger partial charge in [-0.2, -0.15) is 10.4 Å². The number of amides is 1. The second-order valence-corrected chi connectivity index (χ2v) is 11.2. The van der Waals surface area contributed by atoms with Gasteiger partial charge in [-0.15, -0.1) is 0 Å². The number of benzene rings is 1. The van der Waals surface area contributed by atoms with Crippen molar-refractivity contribution in [2.75, 3.05) is 19.8 Å². The third-order valence-electron chi connectivity index (χ3n) is 6.87. The molecule has 2 saturated heterocycles. The molecule has 2 aliphatic rings. The van der Waals surface area contributed by atoms with Crippen LogP contribution in [0.25, 0.3) is 0 Å². The molecule has 1 amide bonds. The second kappa shape index (κ2) is 13.5. The maximum absolute atomic E-state index is 15.5. The number of pyridine rings is 1. The van der Waals surface area contributed by atoms with Crippen LogP contribution in [0.2, 0.25) is 5.02 Å². The van der Waals surface area contributed by atoms with Crippen LogP contribution in [0, 0.1) is 23.1 Å². The van der Waals surface area contributed by atoms with Crippen molar-refractivity contribution in [2.45, 2.75) is 53.9 Å². The van der Waals surface area contributed by atoms with Gasteiger partial charge in [0.05, 0.1) is 23.8 Å². The number of hydrogen-bond donors (Lipinski definition) is 1. The van der Waals surface area contributed by atoms with E-state index in [1.165, 1.54) is 11.8 Å². The molecule has 2 N–H and O–H groups in total. The lowest BCUT2D eigenvalue weighted by atomic mass is 9.73. The molecule has 2 aromatic heterocycles. The van der Waals surface area contributed by atoms with E-state index in [-0.39, 0.29) is 23.8 Å². The fraction of sp³-hybridized carbons (Fsp3) is 0.429. The van der Waals surface area contributed by atoms with E-state index in [0.29, 0.717) is 58.9 Å². The quantitative estimate of drug-likeness (QED) is 0.406. The molecule has 2 atom stereocenters. The fourth-order valence-corrected chi connectivity index (χ4v) is 5.81. The summed E-state index contributed by atoms with van der Waals surface area (Å²) in [6, 6.07) is 10.9. The summed E-state index contributed by atoms with van der Waals surface area (Å²) in [6.45, 7) is 3.72. The predicted octanol–water partition coefficient (Wildman–Crippen LogP) is 5.41. The van der Waals surface area contributed by atoms with Gasteiger partial charge in [0.15, 0.2) is 0 Å². The highest BCUT2D eigenvalue weighted by Crippen LogP contribution is 2.42. The second-order valence-electron chi connectivity index (χ2n) is 9.69. The Morgan fingerprint density at radius 2 is 2.10 bits per heavy atom. The molecule has 12 heteroatoms. The third-order valence-corrected chi connectivity index (χ3v) is 8.14. The Morgan fingerprint density at radius 1 is 1.32 bits per heavy atom. The highest BCUT2D eigenvalue weighted by atomic mass is 35.5. The minimum atomic E-state index is -0.894. The van der Waals surface area contributed by atoms with E-state index in [4.69, 9.17) is 31.5 Å². The van der Waals surface area contributed by atoms with E-state index in [2.05, 4.69) is 16.2 Å². The summed E-state index contributed by atoms with van der Waals surface area (Å²) in [5.41, 5.74) is 4.59. The van der Waals surface area contributed by atoms with Crippen LogP contribution in [0.4, 0.5) is 4.39 Å². The Kier molecular flexibility index (Phi) is 10.0. The van der Waals surface area contributed by atoms with E-state index < -0.39 is 11.2 Å². The van der Waals surface area contributed by atoms with Crippen LogP contribution in [0.5, 0.6) is 11.8 Å². The number of carbonyl (C=O) groups excluding carboxylic acids is 1. The fourth-order valence-electron chi connectivity index (χ4n) is 4.66. The van der Waals surface area contributed by atoms with Crippen molar-refractivity contribution in [3.63, 3.8) is 0 Å². The number of ether oxygens (including phenoxy) is 3. The maximum Gasteiger partial charge on any atom is 0.240 e. The van der Waals surface area contributed by atoms with Crippen molar-refractivity contribution in [3.8, 4) is 17.8 Å². The molecule has 212 valence electrons. The molecule has 0 radical (unpaired) electrons. The number of aromatic nitrogens is 3. The smallest absolute Gasteiger partial charge is 0.240 e. The van der Waals surface area contributed by atoms with Crippen LogP contribution in [-0.4, -0.2) is 46.6 Å². The number of aryl methyl sites for hydroxylation is 1. The molecule has 4 heterocycles. The standard InChI is InChI=1S/C22H20ClFN4O2S.C6H11NO2/c1-14-11-22(13-25,7-9-29-14)16-4-3-5-18(20(16)24)31-15-10-17(23)21(26-12-15)30-19-6-8-27-28(19)2;7-6(8)5-1-3-9-4-2-5/h3-6,8,10,12,14H,7,9,11H2,1-2H3;5H,1-4H2,(H2,7,8)/t14-,22-;/m0./s1. The molecule has 5 rings (SSSR count). The van der Waals surface area contributed by atoms with Crippen LogP contribution >= 0.6 is 23.4 Å². The number of carbonyl (C=O) groups is 1. The number of halogens is 2. The first-order valence-corrected chi connectivity index (χ1v) is 14.1. The Bertz CT molecular complexity index is 1380. The van der Waals surface area contributed by atoms with Gasteiger partial charge in [0.25, 0.3) is 0 Å². The van der Waals surface area contributed by atoms with Gasteiger partial charge < -0.3 is 19.9 Å². The highest BCUT2D eigenvalue weighted by Gasteiger charge is 2.40. The molecule has 0 saturated carbocycles. The first-order valence-electron chi connectivity index (χ1n) is 12.9. The zero-order valence-electron chi connectivity index (χ0n) is 22.3. The summed E-state index contributed by atoms with van der Waals surface area (Å²) in [6.07, 6.45) is 5.61. The van der Waals surface area contributed by atoms with Crippen molar-refractivity contribution in [2.24, 2.45) is 18.7 Å². The zero-order chi connectivity index (χ0) is 28.7. The first kappa shape index (κ1) is 29.8. The van der Waals surface area contributed by atoms with Gasteiger partial charge in [0.1, 0.15) is 10.8 Å². The van der Waals surface area contributed by atoms with Crippen molar-refractivity contribution in [3.05, 3.63) is 59.1 Å². The SMILES string of the molecule is C[C@H]1C[C@@](C#N)(c2cccc(Sc3cnc(Oc4ccnn4C)c(Cl)c3)c2F)CCO1.NC(=O)C1CCOCC1. The van der Waals surface area contributed by atoms with Crippen molar-refractivity contribution >= 4 is 29.3 Å². The van der Waals surface area contributed by atoms with Crippen molar-refractivity contribution < 1.29 is 23.4 Å². The Labute approximate surface area is 241 Å². The summed E-state index contributed by atoms with van der Waals surface area (Å²) in [5, 5.41) is 14.2. The molecule has 2 fully saturated rings. The van der Waals surface area contributed by atoms with Crippen LogP contribution in [0.15, 0.2) is 52.5 Å². The molecule has 40 heavy (non-hydrogen) atoms. The van der Waals surface area contributed by atoms with Crippen LogP contribution in [0.1, 0.15) is 38.2 Å². The lowest BCUT2D eigenvalue weighted by molar-refractivity contribution is -0.124. The van der Waals surface area contributed by atoms with E-state index in [1.54, 1.807) is 54.5 Å². The van der Waals surface area contributed by atoms with E-state index >= 15 is 4.39 Å². The molecule has 0 aliphatic carbocycles. The van der Waals surface area contributed by atoms with Gasteiger partial charge in [0, 0.05) is 60.4 Å². The summed E-state index contributed by atoms with van der Waals surface area (Å²) in [4.78, 5) is 15.8. The molecule has 0 unspecified atom stereocenters. The topological polar surface area (TPSA) is 125 Å². The molecule has 9 nitrogen and oxygen atoms in total. The van der Waals surface area contributed by atoms with Gasteiger partial charge in [-0.05, 0) is 44.7 Å². The van der Waals surface area contributed by atoms with Gasteiger partial charge >= 0.3 is 0 Å². The number of nitriles is 1. The summed E-state index contributed by atoms with van der Waals surface area (Å²) >= 11 is 7.54. The van der Waals surface area contributed by atoms with Crippen LogP contribution in [-0.2, 0) is 26.7 Å². The lowest BCUT2D eigenvalue weighted by Gasteiger charge is -2.35. The number of nitrogens with zero attached hydrogens (tertiary/aromatic N) is 4. The van der Waals surface area contributed by atoms with Crippen molar-refractivity contribution in [1.29, 1.82) is 5.26 Å². The van der Waals surface area contributed by atoms with Crippen molar-refractivity contribution in [1.82, 2.24) is 14.8 Å². The molecule has 2 aliphatic heterocycles. The molecule has 1 aromatic carbocycles. The predicted molar refractivity (Wildman–Crippen MR) is 148 cm³/mol. The summed E-state index contributed by atoms with van der Waals surface area (Å²) in [7, 11) is 1.75. The lowest BCUT2D eigenvalue weighted by Crippen LogP contribution is -2.37. The Morgan fingerprint density at radius 3 is 2.70 bits per heavy atom. The summed E-state index contributed by atoms with van der Waals surface area (Å²) < 4.78 is 33.3. The average molecular weight is 588 g/mol. The molecule has 0 bridgehead atoms. The summed E-state index contributed by atoms with van der Waals surface area (Å²) in [5.74, 6) is 0.232. The Hall–Kier alpha value is -3.17. The molecular weight excluding hydrogens is 557 g/mol. The van der Waals surface area contributed by atoms with E-state index in [9.17, 15) is 10.1 Å². The molecule has 0 spiro atoms. The van der Waals surface area contributed by atoms with E-state index in [0.717, 1.165) is 12.8 Å². The van der Waals surface area contributed by atoms with Gasteiger partial charge in [-0.25, -0.2) is 14.1 Å². The largest absolute Gasteiger partial charge is 0.419 e. The number of rotatable bonds is 6.